The molecule has 3 amide bonds. The molecule has 0 radical (unpaired) electrons. The number of carbonyl (C=O) groups excluding carboxylic acids is 3. The van der Waals surface area contributed by atoms with Crippen molar-refractivity contribution in [1.29, 1.82) is 0 Å². The Balaban J connectivity index is 1.13. The van der Waals surface area contributed by atoms with Gasteiger partial charge in [0.25, 0.3) is 12.3 Å². The topological polar surface area (TPSA) is 112 Å². The number of benzene rings is 1. The summed E-state index contributed by atoms with van der Waals surface area (Å²) in [6, 6.07) is 4.04. The number of fused-ring (bicyclic) bond motifs is 1. The minimum atomic E-state index is -2.83. The standard InChI is InChI=1S/C23H22F3N7O4/c24-15-9-14(33-13-18(21(25)26)37-23(33)36)1-2-17(15)30-5-7-31(8-6-30)20(34)11-28-22(35)16-12-32-4-3-27-10-19(32)29-16/h1-4,9-10,12,18,21H,5-8,11,13H2,(H,28,35). The molecule has 3 aromatic rings. The molecule has 0 spiro atoms. The number of anilines is 2. The van der Waals surface area contributed by atoms with Crippen LogP contribution in [0.4, 0.5) is 29.3 Å². The zero-order valence-corrected chi connectivity index (χ0v) is 19.4. The number of hydrogen-bond donors (Lipinski definition) is 1. The summed E-state index contributed by atoms with van der Waals surface area (Å²) >= 11 is 0. The van der Waals surface area contributed by atoms with Gasteiger partial charge in [-0.2, -0.15) is 0 Å². The average molecular weight is 517 g/mol. The maximum Gasteiger partial charge on any atom is 0.414 e. The molecule has 2 aliphatic heterocycles. The Morgan fingerprint density at radius 2 is 1.97 bits per heavy atom. The molecular formula is C23H22F3N7O4. The Morgan fingerprint density at radius 1 is 1.19 bits per heavy atom. The second-order valence-corrected chi connectivity index (χ2v) is 8.52. The Bertz CT molecular complexity index is 1310. The fraction of sp³-hybridized carbons (Fsp3) is 0.348. The Kier molecular flexibility index (Phi) is 6.54. The van der Waals surface area contributed by atoms with Crippen LogP contribution in [0.5, 0.6) is 0 Å². The first-order valence-electron chi connectivity index (χ1n) is 11.5. The first-order chi connectivity index (χ1) is 17.8. The van der Waals surface area contributed by atoms with Gasteiger partial charge in [-0.1, -0.05) is 0 Å². The van der Waals surface area contributed by atoms with Gasteiger partial charge in [-0.25, -0.2) is 22.9 Å². The summed E-state index contributed by atoms with van der Waals surface area (Å²) in [6.45, 7) is 0.735. The molecule has 0 bridgehead atoms. The Hall–Kier alpha value is -4.36. The molecule has 0 saturated carbocycles. The van der Waals surface area contributed by atoms with Crippen molar-refractivity contribution in [3.63, 3.8) is 0 Å². The summed E-state index contributed by atoms with van der Waals surface area (Å²) in [5.41, 5.74) is 1.06. The number of cyclic esters (lactones) is 1. The van der Waals surface area contributed by atoms with Crippen molar-refractivity contribution < 1.29 is 32.3 Å². The van der Waals surface area contributed by atoms with Crippen LogP contribution in [-0.4, -0.2) is 89.0 Å². The molecule has 194 valence electrons. The van der Waals surface area contributed by atoms with E-state index in [2.05, 4.69) is 20.0 Å². The van der Waals surface area contributed by atoms with E-state index >= 15 is 0 Å². The lowest BCUT2D eigenvalue weighted by atomic mass is 10.2. The highest BCUT2D eigenvalue weighted by molar-refractivity contribution is 5.95. The monoisotopic (exact) mass is 517 g/mol. The van der Waals surface area contributed by atoms with E-state index in [0.29, 0.717) is 31.8 Å². The van der Waals surface area contributed by atoms with Crippen LogP contribution in [-0.2, 0) is 9.53 Å². The molecule has 2 aromatic heterocycles. The molecule has 1 unspecified atom stereocenters. The van der Waals surface area contributed by atoms with Crippen LogP contribution in [0, 0.1) is 5.82 Å². The molecule has 0 aliphatic carbocycles. The summed E-state index contributed by atoms with van der Waals surface area (Å²) < 4.78 is 46.8. The predicted octanol–water partition coefficient (Wildman–Crippen LogP) is 1.54. The predicted molar refractivity (Wildman–Crippen MR) is 124 cm³/mol. The van der Waals surface area contributed by atoms with Gasteiger partial charge in [0, 0.05) is 44.8 Å². The van der Waals surface area contributed by atoms with E-state index in [9.17, 15) is 27.6 Å². The highest BCUT2D eigenvalue weighted by Crippen LogP contribution is 2.29. The molecule has 1 N–H and O–H groups in total. The van der Waals surface area contributed by atoms with Crippen molar-refractivity contribution in [2.24, 2.45) is 0 Å². The third kappa shape index (κ3) is 4.99. The molecule has 11 nitrogen and oxygen atoms in total. The molecule has 37 heavy (non-hydrogen) atoms. The number of rotatable bonds is 6. The van der Waals surface area contributed by atoms with Gasteiger partial charge in [0.2, 0.25) is 5.91 Å². The number of piperazine rings is 1. The Labute approximate surface area is 208 Å². The van der Waals surface area contributed by atoms with Crippen molar-refractivity contribution in [2.45, 2.75) is 12.5 Å². The van der Waals surface area contributed by atoms with Crippen LogP contribution < -0.4 is 15.1 Å². The van der Waals surface area contributed by atoms with Crippen molar-refractivity contribution in [3.8, 4) is 0 Å². The van der Waals surface area contributed by atoms with E-state index in [0.717, 1.165) is 11.0 Å². The number of imidazole rings is 1. The van der Waals surface area contributed by atoms with Gasteiger partial charge in [-0.05, 0) is 18.2 Å². The van der Waals surface area contributed by atoms with Gasteiger partial charge in [0.15, 0.2) is 11.8 Å². The first-order valence-corrected chi connectivity index (χ1v) is 11.5. The minimum Gasteiger partial charge on any atom is -0.438 e. The van der Waals surface area contributed by atoms with Crippen molar-refractivity contribution >= 4 is 34.9 Å². The minimum absolute atomic E-state index is 0.126. The number of carbonyl (C=O) groups is 3. The zero-order valence-electron chi connectivity index (χ0n) is 19.4. The highest BCUT2D eigenvalue weighted by Gasteiger charge is 2.38. The van der Waals surface area contributed by atoms with Crippen LogP contribution in [0.1, 0.15) is 10.5 Å². The van der Waals surface area contributed by atoms with Crippen molar-refractivity contribution in [3.05, 3.63) is 54.5 Å². The van der Waals surface area contributed by atoms with E-state index in [-0.39, 0.29) is 36.1 Å². The van der Waals surface area contributed by atoms with Crippen LogP contribution >= 0.6 is 0 Å². The van der Waals surface area contributed by atoms with Gasteiger partial charge in [-0.3, -0.25) is 19.5 Å². The maximum absolute atomic E-state index is 14.9. The summed E-state index contributed by atoms with van der Waals surface area (Å²) in [5.74, 6) is -1.39. The number of nitrogens with one attached hydrogen (secondary N) is 1. The molecule has 14 heteroatoms. The van der Waals surface area contributed by atoms with Crippen LogP contribution in [0.3, 0.4) is 0 Å². The number of nitrogens with zero attached hydrogens (tertiary/aromatic N) is 6. The zero-order chi connectivity index (χ0) is 26.1. The number of aromatic nitrogens is 3. The summed E-state index contributed by atoms with van der Waals surface area (Å²) in [5, 5.41) is 2.57. The normalized spacial score (nSPS) is 18.0. The highest BCUT2D eigenvalue weighted by atomic mass is 19.3. The first kappa shape index (κ1) is 24.3. The van der Waals surface area contributed by atoms with Crippen LogP contribution in [0.2, 0.25) is 0 Å². The SMILES string of the molecule is O=C(NCC(=O)N1CCN(c2ccc(N3CC(C(F)F)OC3=O)cc2F)CC1)c1cn2ccncc2n1. The third-order valence-electron chi connectivity index (χ3n) is 6.23. The molecule has 4 heterocycles. The lowest BCUT2D eigenvalue weighted by molar-refractivity contribution is -0.130. The second-order valence-electron chi connectivity index (χ2n) is 8.52. The van der Waals surface area contributed by atoms with E-state index < -0.39 is 30.3 Å². The lowest BCUT2D eigenvalue weighted by Gasteiger charge is -2.36. The molecule has 1 aromatic carbocycles. The lowest BCUT2D eigenvalue weighted by Crippen LogP contribution is -2.51. The fourth-order valence-corrected chi connectivity index (χ4v) is 4.25. The molecular weight excluding hydrogens is 495 g/mol. The summed E-state index contributed by atoms with van der Waals surface area (Å²) in [6.07, 6.45) is 0.948. The number of halogens is 3. The number of amides is 3. The van der Waals surface area contributed by atoms with Crippen LogP contribution in [0.15, 0.2) is 43.0 Å². The molecule has 1 atom stereocenters. The van der Waals surface area contributed by atoms with Gasteiger partial charge >= 0.3 is 6.09 Å². The van der Waals surface area contributed by atoms with Gasteiger partial charge < -0.3 is 24.3 Å². The largest absolute Gasteiger partial charge is 0.438 e. The molecule has 5 rings (SSSR count). The quantitative estimate of drug-likeness (QED) is 0.528. The second kappa shape index (κ2) is 9.95. The van der Waals surface area contributed by atoms with Crippen molar-refractivity contribution in [1.82, 2.24) is 24.6 Å². The third-order valence-corrected chi connectivity index (χ3v) is 6.23. The van der Waals surface area contributed by atoms with E-state index in [4.69, 9.17) is 0 Å². The Morgan fingerprint density at radius 3 is 2.65 bits per heavy atom. The van der Waals surface area contributed by atoms with Gasteiger partial charge in [-0.15, -0.1) is 0 Å². The number of hydrogen-bond acceptors (Lipinski definition) is 7. The average Bonchev–Trinajstić information content (AvgIpc) is 3.51. The van der Waals surface area contributed by atoms with E-state index in [1.165, 1.54) is 18.3 Å². The van der Waals surface area contributed by atoms with Crippen LogP contribution in [0.25, 0.3) is 5.65 Å². The van der Waals surface area contributed by atoms with E-state index in [1.807, 2.05) is 0 Å². The number of ether oxygens (including phenoxy) is 1. The maximum atomic E-state index is 14.9. The fourth-order valence-electron chi connectivity index (χ4n) is 4.25. The van der Waals surface area contributed by atoms with Gasteiger partial charge in [0.1, 0.15) is 11.5 Å². The van der Waals surface area contributed by atoms with Gasteiger partial charge in [0.05, 0.1) is 30.7 Å². The molecule has 2 fully saturated rings. The summed E-state index contributed by atoms with van der Waals surface area (Å²) in [4.78, 5) is 49.2. The van der Waals surface area contributed by atoms with E-state index in [1.54, 1.807) is 32.8 Å². The van der Waals surface area contributed by atoms with Crippen molar-refractivity contribution in [2.75, 3.05) is 49.1 Å². The summed E-state index contributed by atoms with van der Waals surface area (Å²) in [7, 11) is 0. The number of alkyl halides is 2. The molecule has 2 aliphatic rings. The smallest absolute Gasteiger partial charge is 0.414 e. The molecule has 2 saturated heterocycles.